The van der Waals surface area contributed by atoms with Crippen molar-refractivity contribution in [1.29, 1.82) is 0 Å². The lowest BCUT2D eigenvalue weighted by molar-refractivity contribution is -0.153. The van der Waals surface area contributed by atoms with Gasteiger partial charge in [0.1, 0.15) is 0 Å². The number of anilines is 2. The first-order chi connectivity index (χ1) is 12.8. The molecule has 0 bridgehead atoms. The molecule has 0 radical (unpaired) electrons. The van der Waals surface area contributed by atoms with Gasteiger partial charge in [-0.05, 0) is 32.0 Å². The van der Waals surface area contributed by atoms with Crippen LogP contribution in [-0.4, -0.2) is 34.3 Å². The van der Waals surface area contributed by atoms with E-state index in [1.165, 1.54) is 18.7 Å². The van der Waals surface area contributed by atoms with Gasteiger partial charge in [0.15, 0.2) is 6.10 Å². The Morgan fingerprint density at radius 1 is 1.44 bits per heavy atom. The van der Waals surface area contributed by atoms with Gasteiger partial charge in [-0.15, -0.1) is 11.8 Å². The Balaban J connectivity index is 1.54. The number of aromatic nitrogens is 1. The highest BCUT2D eigenvalue weighted by Gasteiger charge is 2.31. The maximum atomic E-state index is 12.2. The van der Waals surface area contributed by atoms with Crippen molar-refractivity contribution in [3.8, 4) is 0 Å². The van der Waals surface area contributed by atoms with Crippen LogP contribution in [0.15, 0.2) is 33.7 Å². The number of thioether (sulfide) groups is 1. The molecule has 1 aromatic carbocycles. The molecule has 0 fully saturated rings. The van der Waals surface area contributed by atoms with Crippen LogP contribution in [0.3, 0.4) is 0 Å². The summed E-state index contributed by atoms with van der Waals surface area (Å²) in [6.45, 7) is 3.14. The van der Waals surface area contributed by atoms with Gasteiger partial charge < -0.3 is 14.6 Å². The van der Waals surface area contributed by atoms with Crippen LogP contribution in [0.25, 0.3) is 0 Å². The van der Waals surface area contributed by atoms with Gasteiger partial charge >= 0.3 is 5.97 Å². The summed E-state index contributed by atoms with van der Waals surface area (Å²) in [4.78, 5) is 37.2. The van der Waals surface area contributed by atoms with Gasteiger partial charge in [-0.2, -0.15) is 0 Å². The van der Waals surface area contributed by atoms with Gasteiger partial charge in [-0.1, -0.05) is 16.8 Å². The van der Waals surface area contributed by atoms with Gasteiger partial charge in [-0.3, -0.25) is 19.7 Å². The standard InChI is InChI=1S/C17H16ClN3O5S/c1-8-5-14(26-21-8)20-16(23)9(2)25-15(22)7-13-17(24)19-11-6-10(18)3-4-12(11)27-13/h3-6,9,13H,7H2,1-2H3,(H,19,24)(H,20,23). The molecule has 2 atom stereocenters. The predicted molar refractivity (Wildman–Crippen MR) is 99.8 cm³/mol. The van der Waals surface area contributed by atoms with E-state index in [0.717, 1.165) is 4.90 Å². The summed E-state index contributed by atoms with van der Waals surface area (Å²) >= 11 is 7.16. The molecule has 27 heavy (non-hydrogen) atoms. The number of esters is 1. The average Bonchev–Trinajstić information content (AvgIpc) is 3.00. The summed E-state index contributed by atoms with van der Waals surface area (Å²) in [5, 5.41) is 8.67. The molecule has 0 saturated heterocycles. The van der Waals surface area contributed by atoms with Gasteiger partial charge in [0, 0.05) is 16.0 Å². The molecule has 1 aliphatic rings. The van der Waals surface area contributed by atoms with E-state index in [-0.39, 0.29) is 18.2 Å². The zero-order chi connectivity index (χ0) is 19.6. The average molecular weight is 410 g/mol. The van der Waals surface area contributed by atoms with Crippen molar-refractivity contribution in [2.24, 2.45) is 0 Å². The Labute approximate surface area is 163 Å². The number of rotatable bonds is 5. The lowest BCUT2D eigenvalue weighted by atomic mass is 10.2. The number of aryl methyl sites for hydroxylation is 1. The molecular weight excluding hydrogens is 394 g/mol. The maximum Gasteiger partial charge on any atom is 0.308 e. The normalized spacial score (nSPS) is 16.9. The molecule has 0 aliphatic carbocycles. The Kier molecular flexibility index (Phi) is 5.71. The van der Waals surface area contributed by atoms with Crippen LogP contribution in [0.4, 0.5) is 11.6 Å². The Morgan fingerprint density at radius 3 is 2.93 bits per heavy atom. The molecule has 1 aromatic heterocycles. The van der Waals surface area contributed by atoms with Crippen molar-refractivity contribution in [2.75, 3.05) is 10.6 Å². The van der Waals surface area contributed by atoms with Crippen molar-refractivity contribution >= 4 is 52.7 Å². The Hall–Kier alpha value is -2.52. The van der Waals surface area contributed by atoms with E-state index in [4.69, 9.17) is 20.9 Å². The number of benzene rings is 1. The first-order valence-electron chi connectivity index (χ1n) is 8.02. The van der Waals surface area contributed by atoms with E-state index >= 15 is 0 Å². The molecule has 8 nitrogen and oxygen atoms in total. The van der Waals surface area contributed by atoms with Crippen molar-refractivity contribution < 1.29 is 23.6 Å². The lowest BCUT2D eigenvalue weighted by Gasteiger charge is -2.24. The van der Waals surface area contributed by atoms with E-state index < -0.39 is 23.2 Å². The number of nitrogens with one attached hydrogen (secondary N) is 2. The molecule has 10 heteroatoms. The van der Waals surface area contributed by atoms with Gasteiger partial charge in [0.25, 0.3) is 5.91 Å². The van der Waals surface area contributed by atoms with Crippen LogP contribution < -0.4 is 10.6 Å². The quantitative estimate of drug-likeness (QED) is 0.730. The van der Waals surface area contributed by atoms with Crippen molar-refractivity contribution in [1.82, 2.24) is 5.16 Å². The number of hydrogen-bond donors (Lipinski definition) is 2. The fourth-order valence-corrected chi connectivity index (χ4v) is 3.60. The molecular formula is C17H16ClN3O5S. The third-order valence-electron chi connectivity index (χ3n) is 3.67. The molecule has 2 aromatic rings. The van der Waals surface area contributed by atoms with Crippen LogP contribution in [-0.2, 0) is 19.1 Å². The number of hydrogen-bond acceptors (Lipinski definition) is 7. The van der Waals surface area contributed by atoms with E-state index in [1.54, 1.807) is 31.2 Å². The SMILES string of the molecule is Cc1cc(NC(=O)C(C)OC(=O)CC2Sc3ccc(Cl)cc3NC2=O)on1. The number of ether oxygens (including phenoxy) is 1. The summed E-state index contributed by atoms with van der Waals surface area (Å²) < 4.78 is 10.0. The minimum absolute atomic E-state index is 0.165. The van der Waals surface area contributed by atoms with Crippen LogP contribution in [0, 0.1) is 6.92 Å². The summed E-state index contributed by atoms with van der Waals surface area (Å²) in [7, 11) is 0. The Morgan fingerprint density at radius 2 is 2.22 bits per heavy atom. The van der Waals surface area contributed by atoms with Crippen LogP contribution in [0.2, 0.25) is 5.02 Å². The fraction of sp³-hybridized carbons (Fsp3) is 0.294. The third kappa shape index (κ3) is 4.81. The highest BCUT2D eigenvalue weighted by molar-refractivity contribution is 8.01. The number of fused-ring (bicyclic) bond motifs is 1. The Bertz CT molecular complexity index is 900. The summed E-state index contributed by atoms with van der Waals surface area (Å²) in [5.41, 5.74) is 1.22. The molecule has 0 spiro atoms. The van der Waals surface area contributed by atoms with Gasteiger partial charge in [0.05, 0.1) is 23.1 Å². The highest BCUT2D eigenvalue weighted by atomic mass is 35.5. The molecule has 142 valence electrons. The number of carbonyl (C=O) groups is 3. The number of carbonyl (C=O) groups excluding carboxylic acids is 3. The topological polar surface area (TPSA) is 111 Å². The fourth-order valence-electron chi connectivity index (χ4n) is 2.35. The molecule has 2 unspecified atom stereocenters. The zero-order valence-electron chi connectivity index (χ0n) is 14.4. The van der Waals surface area contributed by atoms with Crippen LogP contribution in [0.5, 0.6) is 0 Å². The van der Waals surface area contributed by atoms with Gasteiger partial charge in [0.2, 0.25) is 11.8 Å². The second-order valence-electron chi connectivity index (χ2n) is 5.89. The smallest absolute Gasteiger partial charge is 0.308 e. The lowest BCUT2D eigenvalue weighted by Crippen LogP contribution is -2.34. The van der Waals surface area contributed by atoms with E-state index in [0.29, 0.717) is 16.4 Å². The molecule has 2 N–H and O–H groups in total. The van der Waals surface area contributed by atoms with E-state index in [9.17, 15) is 14.4 Å². The first-order valence-corrected chi connectivity index (χ1v) is 9.28. The number of halogens is 1. The molecule has 0 saturated carbocycles. The van der Waals surface area contributed by atoms with Crippen molar-refractivity contribution in [3.05, 3.63) is 35.0 Å². The first kappa shape index (κ1) is 19.2. The largest absolute Gasteiger partial charge is 0.452 e. The number of nitrogens with zero attached hydrogens (tertiary/aromatic N) is 1. The van der Waals surface area contributed by atoms with Crippen LogP contribution >= 0.6 is 23.4 Å². The predicted octanol–water partition coefficient (Wildman–Crippen LogP) is 3.01. The monoisotopic (exact) mass is 409 g/mol. The van der Waals surface area contributed by atoms with Crippen molar-refractivity contribution in [3.63, 3.8) is 0 Å². The minimum atomic E-state index is -1.05. The zero-order valence-corrected chi connectivity index (χ0v) is 16.0. The number of amides is 2. The van der Waals surface area contributed by atoms with E-state index in [1.807, 2.05) is 0 Å². The summed E-state index contributed by atoms with van der Waals surface area (Å²) in [6.07, 6.45) is -1.22. The van der Waals surface area contributed by atoms with Gasteiger partial charge in [-0.25, -0.2) is 0 Å². The van der Waals surface area contributed by atoms with E-state index in [2.05, 4.69) is 15.8 Å². The highest BCUT2D eigenvalue weighted by Crippen LogP contribution is 2.38. The molecule has 2 amide bonds. The van der Waals surface area contributed by atoms with Crippen molar-refractivity contribution in [2.45, 2.75) is 36.5 Å². The summed E-state index contributed by atoms with van der Waals surface area (Å²) in [6, 6.07) is 6.67. The second kappa shape index (κ2) is 8.01. The minimum Gasteiger partial charge on any atom is -0.452 e. The maximum absolute atomic E-state index is 12.2. The molecule has 3 rings (SSSR count). The molecule has 1 aliphatic heterocycles. The molecule has 2 heterocycles. The van der Waals surface area contributed by atoms with Crippen LogP contribution in [0.1, 0.15) is 19.0 Å². The third-order valence-corrected chi connectivity index (χ3v) is 5.18. The summed E-state index contributed by atoms with van der Waals surface area (Å²) in [5.74, 6) is -1.37. The second-order valence-corrected chi connectivity index (χ2v) is 7.58.